The minimum atomic E-state index is -3.98. The molecule has 0 saturated carbocycles. The molecule has 2 aromatic heterocycles. The van der Waals surface area contributed by atoms with Gasteiger partial charge in [-0.25, -0.2) is 19.2 Å². The zero-order valence-corrected chi connectivity index (χ0v) is 24.9. The summed E-state index contributed by atoms with van der Waals surface area (Å²) < 4.78 is 52.0. The van der Waals surface area contributed by atoms with Crippen molar-refractivity contribution >= 4 is 39.5 Å². The van der Waals surface area contributed by atoms with Crippen LogP contribution in [0.3, 0.4) is 0 Å². The lowest BCUT2D eigenvalue weighted by Gasteiger charge is -2.26. The van der Waals surface area contributed by atoms with E-state index in [9.17, 15) is 13.2 Å². The van der Waals surface area contributed by atoms with Gasteiger partial charge in [0.15, 0.2) is 5.82 Å². The van der Waals surface area contributed by atoms with Crippen LogP contribution in [0.25, 0.3) is 22.5 Å². The molecule has 1 aromatic carbocycles. The Morgan fingerprint density at radius 3 is 2.59 bits per heavy atom. The van der Waals surface area contributed by atoms with Crippen molar-refractivity contribution in [1.82, 2.24) is 29.4 Å². The monoisotopic (exact) mass is 608 g/mol. The van der Waals surface area contributed by atoms with Crippen molar-refractivity contribution in [2.45, 2.75) is 52.1 Å². The lowest BCUT2D eigenvalue weighted by molar-refractivity contribution is 0.168. The molecule has 3 heterocycles. The van der Waals surface area contributed by atoms with Crippen LogP contribution in [0.15, 0.2) is 30.6 Å². The molecule has 41 heavy (non-hydrogen) atoms. The Balaban J connectivity index is 1.69. The molecule has 1 aliphatic heterocycles. The molecule has 0 bridgehead atoms. The SMILES string of the molecule is COC(=O)N[C@@H](C)CNc1nccc(-c2cn(C(C)C)nc2-c2cc(Cl)cc(NS(=O)(=O)N3CCCCC3)c2F)n1. The number of nitrogens with zero attached hydrogens (tertiary/aromatic N) is 5. The molecule has 0 radical (unpaired) electrons. The van der Waals surface area contributed by atoms with Crippen molar-refractivity contribution in [2.24, 2.45) is 0 Å². The average molecular weight is 609 g/mol. The van der Waals surface area contributed by atoms with Crippen molar-refractivity contribution in [3.8, 4) is 22.5 Å². The van der Waals surface area contributed by atoms with E-state index in [1.807, 2.05) is 13.8 Å². The number of carbonyl (C=O) groups is 1. The largest absolute Gasteiger partial charge is 0.453 e. The normalized spacial score (nSPS) is 15.0. The van der Waals surface area contributed by atoms with Crippen LogP contribution in [0, 0.1) is 5.82 Å². The lowest BCUT2D eigenvalue weighted by Crippen LogP contribution is -2.39. The second-order valence-corrected chi connectivity index (χ2v) is 12.1. The summed E-state index contributed by atoms with van der Waals surface area (Å²) in [7, 11) is -2.69. The number of halogens is 2. The number of amides is 1. The first-order chi connectivity index (χ1) is 19.5. The molecule has 1 amide bonds. The summed E-state index contributed by atoms with van der Waals surface area (Å²) in [5, 5.41) is 10.5. The highest BCUT2D eigenvalue weighted by Gasteiger charge is 2.27. The van der Waals surface area contributed by atoms with E-state index in [2.05, 4.69) is 35.2 Å². The van der Waals surface area contributed by atoms with Gasteiger partial charge in [0.2, 0.25) is 5.95 Å². The number of hydrogen-bond donors (Lipinski definition) is 3. The van der Waals surface area contributed by atoms with Gasteiger partial charge >= 0.3 is 16.3 Å². The maximum Gasteiger partial charge on any atom is 0.407 e. The molecular formula is C26H34ClFN8O4S. The predicted molar refractivity (Wildman–Crippen MR) is 156 cm³/mol. The molecule has 1 aliphatic rings. The summed E-state index contributed by atoms with van der Waals surface area (Å²) in [4.78, 5) is 20.3. The molecule has 1 saturated heterocycles. The van der Waals surface area contributed by atoms with Gasteiger partial charge in [-0.05, 0) is 51.8 Å². The number of hydrogen-bond acceptors (Lipinski definition) is 8. The van der Waals surface area contributed by atoms with E-state index in [0.29, 0.717) is 30.9 Å². The number of aromatic nitrogens is 4. The Labute approximate surface area is 243 Å². The number of carbonyl (C=O) groups excluding carboxylic acids is 1. The van der Waals surface area contributed by atoms with Gasteiger partial charge in [0.25, 0.3) is 0 Å². The van der Waals surface area contributed by atoms with E-state index >= 15 is 4.39 Å². The van der Waals surface area contributed by atoms with Gasteiger partial charge in [-0.2, -0.15) is 17.8 Å². The van der Waals surface area contributed by atoms with Crippen LogP contribution in [0.2, 0.25) is 5.02 Å². The molecule has 0 unspecified atom stereocenters. The Kier molecular flexibility index (Phi) is 9.66. The average Bonchev–Trinajstić information content (AvgIpc) is 3.40. The molecule has 222 valence electrons. The van der Waals surface area contributed by atoms with Gasteiger partial charge in [0, 0.05) is 60.3 Å². The quantitative estimate of drug-likeness (QED) is 0.301. The first-order valence-corrected chi connectivity index (χ1v) is 15.1. The van der Waals surface area contributed by atoms with Crippen LogP contribution in [0.4, 0.5) is 20.8 Å². The number of anilines is 2. The molecule has 1 atom stereocenters. The fraction of sp³-hybridized carbons (Fsp3) is 0.462. The molecule has 0 aliphatic carbocycles. The standard InChI is InChI=1S/C26H34ClFN8O4S/c1-16(2)36-15-20(21-8-9-29-25(32-21)30-14-17(3)31-26(37)40-4)24(33-36)19-12-18(27)13-22(23(19)28)34-41(38,39)35-10-6-5-7-11-35/h8-9,12-13,15-17,34H,5-7,10-11,14H2,1-4H3,(H,31,37)(H,29,30,32)/t17-/m0/s1. The molecule has 15 heteroatoms. The molecule has 12 nitrogen and oxygen atoms in total. The highest BCUT2D eigenvalue weighted by atomic mass is 35.5. The minimum Gasteiger partial charge on any atom is -0.453 e. The number of alkyl carbamates (subject to hydrolysis) is 1. The van der Waals surface area contributed by atoms with Gasteiger partial charge in [-0.15, -0.1) is 0 Å². The Morgan fingerprint density at radius 1 is 1.17 bits per heavy atom. The lowest BCUT2D eigenvalue weighted by atomic mass is 10.0. The first-order valence-electron chi connectivity index (χ1n) is 13.3. The number of benzene rings is 1. The third-order valence-corrected chi connectivity index (χ3v) is 8.24. The Hall–Kier alpha value is -3.49. The van der Waals surface area contributed by atoms with Crippen molar-refractivity contribution in [1.29, 1.82) is 0 Å². The summed E-state index contributed by atoms with van der Waals surface area (Å²) >= 11 is 6.37. The van der Waals surface area contributed by atoms with E-state index < -0.39 is 22.1 Å². The highest BCUT2D eigenvalue weighted by molar-refractivity contribution is 7.90. The molecule has 3 N–H and O–H groups in total. The number of methoxy groups -OCH3 is 1. The molecule has 0 spiro atoms. The van der Waals surface area contributed by atoms with Gasteiger partial charge in [0.1, 0.15) is 5.69 Å². The van der Waals surface area contributed by atoms with Crippen LogP contribution < -0.4 is 15.4 Å². The first kappa shape index (κ1) is 30.5. The van der Waals surface area contributed by atoms with Crippen LogP contribution in [-0.2, 0) is 14.9 Å². The molecule has 1 fully saturated rings. The zero-order valence-electron chi connectivity index (χ0n) is 23.3. The molecule has 4 rings (SSSR count). The van der Waals surface area contributed by atoms with Crippen molar-refractivity contribution in [2.75, 3.05) is 36.8 Å². The van der Waals surface area contributed by atoms with Crippen LogP contribution in [-0.4, -0.2) is 71.4 Å². The van der Waals surface area contributed by atoms with E-state index in [-0.39, 0.29) is 40.0 Å². The molecule has 3 aromatic rings. The zero-order chi connectivity index (χ0) is 29.7. The number of rotatable bonds is 10. The van der Waals surface area contributed by atoms with Crippen LogP contribution in [0.5, 0.6) is 0 Å². The second kappa shape index (κ2) is 13.0. The summed E-state index contributed by atoms with van der Waals surface area (Å²) in [6.07, 6.45) is 5.18. The van der Waals surface area contributed by atoms with E-state index in [4.69, 9.17) is 11.6 Å². The minimum absolute atomic E-state index is 0.0206. The van der Waals surface area contributed by atoms with Crippen molar-refractivity contribution in [3.63, 3.8) is 0 Å². The number of nitrogens with one attached hydrogen (secondary N) is 3. The van der Waals surface area contributed by atoms with Crippen LogP contribution >= 0.6 is 11.6 Å². The maximum atomic E-state index is 16.0. The van der Waals surface area contributed by atoms with Crippen molar-refractivity contribution < 1.29 is 22.3 Å². The summed E-state index contributed by atoms with van der Waals surface area (Å²) in [6.45, 7) is 6.70. The summed E-state index contributed by atoms with van der Waals surface area (Å²) in [5.41, 5.74) is 0.943. The third-order valence-electron chi connectivity index (χ3n) is 6.49. The smallest absolute Gasteiger partial charge is 0.407 e. The fourth-order valence-electron chi connectivity index (χ4n) is 4.34. The highest BCUT2D eigenvalue weighted by Crippen LogP contribution is 2.37. The number of ether oxygens (including phenoxy) is 1. The number of piperidine rings is 1. The fourth-order valence-corrected chi connectivity index (χ4v) is 5.85. The molecular weight excluding hydrogens is 575 g/mol. The van der Waals surface area contributed by atoms with Gasteiger partial charge in [0.05, 0.1) is 18.5 Å². The van der Waals surface area contributed by atoms with E-state index in [1.165, 1.54) is 23.5 Å². The topological polar surface area (TPSA) is 143 Å². The van der Waals surface area contributed by atoms with E-state index in [1.54, 1.807) is 30.1 Å². The third kappa shape index (κ3) is 7.43. The summed E-state index contributed by atoms with van der Waals surface area (Å²) in [5.74, 6) is -0.522. The second-order valence-electron chi connectivity index (χ2n) is 10.0. The van der Waals surface area contributed by atoms with Gasteiger partial charge in [-0.1, -0.05) is 18.0 Å². The maximum absolute atomic E-state index is 16.0. The summed E-state index contributed by atoms with van der Waals surface area (Å²) in [6, 6.07) is 3.98. The van der Waals surface area contributed by atoms with Crippen LogP contribution in [0.1, 0.15) is 46.1 Å². The Bertz CT molecular complexity index is 1490. The van der Waals surface area contributed by atoms with Gasteiger partial charge < -0.3 is 15.4 Å². The van der Waals surface area contributed by atoms with E-state index in [0.717, 1.165) is 19.3 Å². The van der Waals surface area contributed by atoms with Gasteiger partial charge in [-0.3, -0.25) is 9.40 Å². The van der Waals surface area contributed by atoms with Crippen molar-refractivity contribution in [3.05, 3.63) is 41.4 Å². The predicted octanol–water partition coefficient (Wildman–Crippen LogP) is 4.68. The Morgan fingerprint density at radius 2 is 1.90 bits per heavy atom.